The summed E-state index contributed by atoms with van der Waals surface area (Å²) in [7, 11) is 4.02. The van der Waals surface area contributed by atoms with E-state index in [0.29, 0.717) is 24.6 Å². The van der Waals surface area contributed by atoms with Gasteiger partial charge in [0.15, 0.2) is 5.82 Å². The van der Waals surface area contributed by atoms with Crippen molar-refractivity contribution < 1.29 is 9.59 Å². The van der Waals surface area contributed by atoms with Crippen LogP contribution in [0.15, 0.2) is 18.2 Å². The fourth-order valence-corrected chi connectivity index (χ4v) is 3.81. The van der Waals surface area contributed by atoms with E-state index in [2.05, 4.69) is 26.6 Å². The number of nitrogens with one attached hydrogen (secondary N) is 2. The van der Waals surface area contributed by atoms with Gasteiger partial charge in [0.25, 0.3) is 11.8 Å². The minimum atomic E-state index is -0.273. The van der Waals surface area contributed by atoms with E-state index in [9.17, 15) is 9.59 Å². The van der Waals surface area contributed by atoms with E-state index in [1.54, 1.807) is 0 Å². The minimum Gasteiger partial charge on any atom is -0.351 e. The maximum absolute atomic E-state index is 12.9. The lowest BCUT2D eigenvalue weighted by Gasteiger charge is -2.17. The first-order chi connectivity index (χ1) is 13.8. The Labute approximate surface area is 172 Å². The Morgan fingerprint density at radius 2 is 1.83 bits per heavy atom. The smallest absolute Gasteiger partial charge is 0.291 e. The molecule has 1 aliphatic rings. The Bertz CT molecular complexity index is 881. The van der Waals surface area contributed by atoms with Gasteiger partial charge in [0.2, 0.25) is 0 Å². The van der Waals surface area contributed by atoms with Gasteiger partial charge >= 0.3 is 0 Å². The topological polar surface area (TPSA) is 79.3 Å². The van der Waals surface area contributed by atoms with Gasteiger partial charge in [-0.05, 0) is 83.4 Å². The van der Waals surface area contributed by atoms with E-state index in [1.807, 2.05) is 44.6 Å². The largest absolute Gasteiger partial charge is 0.351 e. The van der Waals surface area contributed by atoms with Crippen molar-refractivity contribution in [3.05, 3.63) is 46.5 Å². The van der Waals surface area contributed by atoms with Gasteiger partial charge in [-0.3, -0.25) is 9.59 Å². The molecule has 29 heavy (non-hydrogen) atoms. The Balaban J connectivity index is 1.78. The minimum absolute atomic E-state index is 0.195. The van der Waals surface area contributed by atoms with E-state index in [1.165, 1.54) is 0 Å². The van der Waals surface area contributed by atoms with Gasteiger partial charge in [0, 0.05) is 18.8 Å². The van der Waals surface area contributed by atoms with E-state index < -0.39 is 0 Å². The molecule has 3 rings (SSSR count). The highest BCUT2D eigenvalue weighted by Crippen LogP contribution is 2.22. The van der Waals surface area contributed by atoms with Crippen LogP contribution in [0.5, 0.6) is 0 Å². The van der Waals surface area contributed by atoms with Crippen LogP contribution < -0.4 is 10.6 Å². The molecule has 1 aromatic carbocycles. The Morgan fingerprint density at radius 1 is 1.10 bits per heavy atom. The normalized spacial score (nSPS) is 13.3. The number of nitrogens with zero attached hydrogens (tertiary/aromatic N) is 3. The first kappa shape index (κ1) is 21.0. The maximum atomic E-state index is 12.9. The third kappa shape index (κ3) is 5.23. The number of fused-ring (bicyclic) bond motifs is 1. The zero-order valence-electron chi connectivity index (χ0n) is 17.8. The fourth-order valence-electron chi connectivity index (χ4n) is 3.81. The second-order valence-electron chi connectivity index (χ2n) is 8.08. The number of aryl methyl sites for hydroxylation is 2. The molecular weight excluding hydrogens is 366 g/mol. The van der Waals surface area contributed by atoms with Gasteiger partial charge in [0.1, 0.15) is 5.69 Å². The number of amides is 2. The van der Waals surface area contributed by atoms with Gasteiger partial charge in [-0.25, -0.2) is 4.98 Å². The summed E-state index contributed by atoms with van der Waals surface area (Å²) in [5.41, 5.74) is 4.17. The molecule has 1 aromatic heterocycles. The molecular formula is C22H31N5O2. The molecule has 0 saturated carbocycles. The molecule has 2 N–H and O–H groups in total. The zero-order valence-corrected chi connectivity index (χ0v) is 17.8. The summed E-state index contributed by atoms with van der Waals surface area (Å²) in [5, 5.41) is 5.90. The summed E-state index contributed by atoms with van der Waals surface area (Å²) >= 11 is 0. The van der Waals surface area contributed by atoms with E-state index in [-0.39, 0.29) is 11.8 Å². The number of hydrogen-bond donors (Lipinski definition) is 2. The van der Waals surface area contributed by atoms with Gasteiger partial charge < -0.3 is 20.1 Å². The SMILES string of the molecule is Cc1cc(C)cc(NC(=O)c2nc(C(=O)NCCCN(C)C)c3n2CCCC3)c1. The molecule has 0 radical (unpaired) electrons. The summed E-state index contributed by atoms with van der Waals surface area (Å²) in [6.07, 6.45) is 3.63. The van der Waals surface area contributed by atoms with Crippen molar-refractivity contribution in [1.82, 2.24) is 19.8 Å². The number of carbonyl (C=O) groups excluding carboxylic acids is 2. The summed E-state index contributed by atoms with van der Waals surface area (Å²) in [5.74, 6) is -0.151. The van der Waals surface area contributed by atoms with Gasteiger partial charge in [-0.2, -0.15) is 0 Å². The highest BCUT2D eigenvalue weighted by atomic mass is 16.2. The van der Waals surface area contributed by atoms with Crippen molar-refractivity contribution in [3.63, 3.8) is 0 Å². The molecule has 2 heterocycles. The van der Waals surface area contributed by atoms with Crippen molar-refractivity contribution in [2.24, 2.45) is 0 Å². The van der Waals surface area contributed by atoms with E-state index >= 15 is 0 Å². The number of anilines is 1. The fraction of sp³-hybridized carbons (Fsp3) is 0.500. The Morgan fingerprint density at radius 3 is 2.52 bits per heavy atom. The van der Waals surface area contributed by atoms with Crippen molar-refractivity contribution in [3.8, 4) is 0 Å². The number of imidazole rings is 1. The molecule has 0 atom stereocenters. The maximum Gasteiger partial charge on any atom is 0.291 e. The number of aromatic nitrogens is 2. The van der Waals surface area contributed by atoms with Crippen LogP contribution in [-0.2, 0) is 13.0 Å². The average molecular weight is 398 g/mol. The van der Waals surface area contributed by atoms with Crippen molar-refractivity contribution in [1.29, 1.82) is 0 Å². The van der Waals surface area contributed by atoms with Crippen LogP contribution in [0, 0.1) is 13.8 Å². The van der Waals surface area contributed by atoms with Crippen LogP contribution in [0.1, 0.15) is 57.2 Å². The molecule has 2 amide bonds. The van der Waals surface area contributed by atoms with Crippen LogP contribution >= 0.6 is 0 Å². The standard InChI is InChI=1S/C22H31N5O2/c1-15-12-16(2)14-17(13-15)24-22(29)20-25-19(18-8-5-6-11-27(18)20)21(28)23-9-7-10-26(3)4/h12-14H,5-11H2,1-4H3,(H,23,28)(H,24,29). The predicted molar refractivity (Wildman–Crippen MR) is 115 cm³/mol. The third-order valence-corrected chi connectivity index (χ3v) is 5.08. The predicted octanol–water partition coefficient (Wildman–Crippen LogP) is 2.77. The Kier molecular flexibility index (Phi) is 6.69. The Hall–Kier alpha value is -2.67. The quantitative estimate of drug-likeness (QED) is 0.704. The molecule has 0 fully saturated rings. The molecule has 2 aromatic rings. The first-order valence-electron chi connectivity index (χ1n) is 10.3. The lowest BCUT2D eigenvalue weighted by atomic mass is 10.1. The lowest BCUT2D eigenvalue weighted by Crippen LogP contribution is -2.28. The van der Waals surface area contributed by atoms with Crippen LogP contribution in [0.25, 0.3) is 0 Å². The third-order valence-electron chi connectivity index (χ3n) is 5.08. The number of carbonyl (C=O) groups is 2. The van der Waals surface area contributed by atoms with Crippen LogP contribution in [0.2, 0.25) is 0 Å². The number of rotatable bonds is 7. The van der Waals surface area contributed by atoms with Gasteiger partial charge in [0.05, 0.1) is 5.69 Å². The highest BCUT2D eigenvalue weighted by molar-refractivity contribution is 6.03. The average Bonchev–Trinajstić information content (AvgIpc) is 3.04. The zero-order chi connectivity index (χ0) is 21.0. The summed E-state index contributed by atoms with van der Waals surface area (Å²) in [6.45, 7) is 6.21. The first-order valence-corrected chi connectivity index (χ1v) is 10.3. The van der Waals surface area contributed by atoms with Crippen LogP contribution in [-0.4, -0.2) is 53.5 Å². The van der Waals surface area contributed by atoms with Crippen LogP contribution in [0.3, 0.4) is 0 Å². The van der Waals surface area contributed by atoms with Crippen LogP contribution in [0.4, 0.5) is 5.69 Å². The van der Waals surface area contributed by atoms with E-state index in [0.717, 1.165) is 54.7 Å². The molecule has 7 nitrogen and oxygen atoms in total. The molecule has 156 valence electrons. The number of benzene rings is 1. The van der Waals surface area contributed by atoms with Gasteiger partial charge in [-0.1, -0.05) is 6.07 Å². The molecule has 0 saturated heterocycles. The summed E-state index contributed by atoms with van der Waals surface area (Å²) in [4.78, 5) is 32.2. The van der Waals surface area contributed by atoms with Crippen molar-refractivity contribution >= 4 is 17.5 Å². The highest BCUT2D eigenvalue weighted by Gasteiger charge is 2.27. The van der Waals surface area contributed by atoms with E-state index in [4.69, 9.17) is 0 Å². The second kappa shape index (κ2) is 9.22. The monoisotopic (exact) mass is 397 g/mol. The molecule has 1 aliphatic heterocycles. The second-order valence-corrected chi connectivity index (χ2v) is 8.08. The molecule has 0 spiro atoms. The van der Waals surface area contributed by atoms with Crippen molar-refractivity contribution in [2.45, 2.75) is 46.1 Å². The molecule has 7 heteroatoms. The summed E-state index contributed by atoms with van der Waals surface area (Å²) in [6, 6.07) is 5.93. The van der Waals surface area contributed by atoms with Crippen molar-refractivity contribution in [2.75, 3.05) is 32.5 Å². The summed E-state index contributed by atoms with van der Waals surface area (Å²) < 4.78 is 1.91. The molecule has 0 bridgehead atoms. The lowest BCUT2D eigenvalue weighted by molar-refractivity contribution is 0.0946. The molecule has 0 aliphatic carbocycles. The molecule has 0 unspecified atom stereocenters. The number of hydrogen-bond acceptors (Lipinski definition) is 4. The van der Waals surface area contributed by atoms with Gasteiger partial charge in [-0.15, -0.1) is 0 Å².